The van der Waals surface area contributed by atoms with E-state index < -0.39 is 5.97 Å². The van der Waals surface area contributed by atoms with E-state index in [1.165, 1.54) is 18.2 Å². The molecule has 0 amide bonds. The first-order valence-electron chi connectivity index (χ1n) is 4.07. The summed E-state index contributed by atoms with van der Waals surface area (Å²) in [6.07, 6.45) is 2.53. The summed E-state index contributed by atoms with van der Waals surface area (Å²) in [5.74, 6) is -1.28. The lowest BCUT2D eigenvalue weighted by atomic mass is 10.3. The lowest BCUT2D eigenvalue weighted by Crippen LogP contribution is -1.99. The normalized spacial score (nSPS) is 10.4. The molecule has 0 unspecified atom stereocenters. The number of anilines is 1. The molecule has 0 heterocycles. The van der Waals surface area contributed by atoms with Crippen LogP contribution in [0.2, 0.25) is 0 Å². The van der Waals surface area contributed by atoms with Crippen LogP contribution in [0, 0.1) is 5.82 Å². The molecule has 0 atom stereocenters. The second-order valence-electron chi connectivity index (χ2n) is 2.63. The van der Waals surface area contributed by atoms with Crippen molar-refractivity contribution in [1.82, 2.24) is 0 Å². The molecule has 0 radical (unpaired) electrons. The van der Waals surface area contributed by atoms with Crippen molar-refractivity contribution in [2.24, 2.45) is 0 Å². The van der Waals surface area contributed by atoms with Crippen LogP contribution in [-0.4, -0.2) is 17.6 Å². The maximum absolute atomic E-state index is 12.5. The highest BCUT2D eigenvalue weighted by atomic mass is 19.1. The fourth-order valence-electron chi connectivity index (χ4n) is 0.904. The molecule has 1 aromatic carbocycles. The molecule has 0 aliphatic rings. The predicted molar refractivity (Wildman–Crippen MR) is 51.7 cm³/mol. The quantitative estimate of drug-likeness (QED) is 0.721. The smallest absolute Gasteiger partial charge is 0.328 e. The third-order valence-corrected chi connectivity index (χ3v) is 1.53. The van der Waals surface area contributed by atoms with Gasteiger partial charge in [0.05, 0.1) is 0 Å². The Hall–Kier alpha value is -1.84. The molecule has 0 fully saturated rings. The van der Waals surface area contributed by atoms with E-state index in [1.54, 1.807) is 12.1 Å². The molecular weight excluding hydrogens is 185 g/mol. The van der Waals surface area contributed by atoms with Gasteiger partial charge in [-0.2, -0.15) is 0 Å². The monoisotopic (exact) mass is 195 g/mol. The second-order valence-corrected chi connectivity index (χ2v) is 2.63. The lowest BCUT2D eigenvalue weighted by Gasteiger charge is -2.01. The Bertz CT molecular complexity index is 332. The molecule has 0 bridgehead atoms. The highest BCUT2D eigenvalue weighted by molar-refractivity contribution is 5.79. The van der Waals surface area contributed by atoms with Crippen molar-refractivity contribution < 1.29 is 14.3 Å². The Morgan fingerprint density at radius 2 is 2.07 bits per heavy atom. The molecule has 0 saturated carbocycles. The van der Waals surface area contributed by atoms with E-state index in [4.69, 9.17) is 5.11 Å². The van der Waals surface area contributed by atoms with Crippen molar-refractivity contribution >= 4 is 11.7 Å². The van der Waals surface area contributed by atoms with Crippen molar-refractivity contribution in [2.75, 3.05) is 11.9 Å². The van der Waals surface area contributed by atoms with E-state index in [9.17, 15) is 9.18 Å². The minimum Gasteiger partial charge on any atom is -0.478 e. The molecule has 14 heavy (non-hydrogen) atoms. The van der Waals surface area contributed by atoms with Crippen molar-refractivity contribution in [1.29, 1.82) is 0 Å². The van der Waals surface area contributed by atoms with Gasteiger partial charge in [-0.05, 0) is 24.3 Å². The number of hydrogen-bond donors (Lipinski definition) is 2. The van der Waals surface area contributed by atoms with Gasteiger partial charge in [0, 0.05) is 18.3 Å². The summed E-state index contributed by atoms with van der Waals surface area (Å²) >= 11 is 0. The van der Waals surface area contributed by atoms with E-state index in [0.29, 0.717) is 6.54 Å². The number of carboxylic acids is 1. The predicted octanol–water partition coefficient (Wildman–Crippen LogP) is 1.88. The molecule has 0 saturated heterocycles. The minimum absolute atomic E-state index is 0.295. The zero-order valence-corrected chi connectivity index (χ0v) is 7.40. The standard InChI is InChI=1S/C10H10FNO2/c11-8-3-5-9(6-4-8)12-7-1-2-10(13)14/h1-6,12H,7H2,(H,13,14)/b2-1+. The van der Waals surface area contributed by atoms with Crippen LogP contribution < -0.4 is 5.32 Å². The molecule has 3 nitrogen and oxygen atoms in total. The van der Waals surface area contributed by atoms with Crippen LogP contribution in [-0.2, 0) is 4.79 Å². The number of carboxylic acid groups (broad SMARTS) is 1. The van der Waals surface area contributed by atoms with Gasteiger partial charge in [-0.25, -0.2) is 9.18 Å². The molecule has 2 N–H and O–H groups in total. The number of aliphatic carboxylic acids is 1. The summed E-state index contributed by atoms with van der Waals surface area (Å²) in [6, 6.07) is 5.85. The first-order chi connectivity index (χ1) is 6.68. The van der Waals surface area contributed by atoms with Crippen LogP contribution >= 0.6 is 0 Å². The number of nitrogens with one attached hydrogen (secondary N) is 1. The maximum atomic E-state index is 12.5. The van der Waals surface area contributed by atoms with Crippen molar-refractivity contribution in [3.63, 3.8) is 0 Å². The van der Waals surface area contributed by atoms with E-state index in [2.05, 4.69) is 5.32 Å². The molecule has 0 spiro atoms. The first-order valence-corrected chi connectivity index (χ1v) is 4.07. The zero-order chi connectivity index (χ0) is 10.4. The molecule has 74 valence electrons. The molecule has 4 heteroatoms. The third-order valence-electron chi connectivity index (χ3n) is 1.53. The Morgan fingerprint density at radius 3 is 2.64 bits per heavy atom. The SMILES string of the molecule is O=C(O)/C=C/CNc1ccc(F)cc1. The van der Waals surface area contributed by atoms with Crippen LogP contribution in [0.5, 0.6) is 0 Å². The topological polar surface area (TPSA) is 49.3 Å². The number of benzene rings is 1. The number of halogens is 1. The van der Waals surface area contributed by atoms with E-state index in [1.807, 2.05) is 0 Å². The minimum atomic E-state index is -0.981. The highest BCUT2D eigenvalue weighted by Gasteiger charge is 1.90. The lowest BCUT2D eigenvalue weighted by molar-refractivity contribution is -0.131. The van der Waals surface area contributed by atoms with Crippen LogP contribution in [0.25, 0.3) is 0 Å². The Balaban J connectivity index is 2.39. The summed E-state index contributed by atoms with van der Waals surface area (Å²) in [5.41, 5.74) is 0.751. The van der Waals surface area contributed by atoms with Crippen LogP contribution in [0.4, 0.5) is 10.1 Å². The van der Waals surface area contributed by atoms with Gasteiger partial charge in [-0.15, -0.1) is 0 Å². The fourth-order valence-corrected chi connectivity index (χ4v) is 0.904. The average Bonchev–Trinajstić information content (AvgIpc) is 2.15. The number of carbonyl (C=O) groups is 1. The molecule has 0 aliphatic heterocycles. The summed E-state index contributed by atoms with van der Waals surface area (Å²) in [6.45, 7) is 0.401. The van der Waals surface area contributed by atoms with Gasteiger partial charge in [0.25, 0.3) is 0 Å². The van der Waals surface area contributed by atoms with Gasteiger partial charge >= 0.3 is 5.97 Å². The van der Waals surface area contributed by atoms with Gasteiger partial charge < -0.3 is 10.4 Å². The van der Waals surface area contributed by atoms with Crippen LogP contribution in [0.3, 0.4) is 0 Å². The molecule has 0 aromatic heterocycles. The zero-order valence-electron chi connectivity index (χ0n) is 7.40. The molecule has 0 aliphatic carbocycles. The number of rotatable bonds is 4. The average molecular weight is 195 g/mol. The van der Waals surface area contributed by atoms with E-state index in [-0.39, 0.29) is 5.82 Å². The largest absolute Gasteiger partial charge is 0.478 e. The van der Waals surface area contributed by atoms with Crippen molar-refractivity contribution in [3.8, 4) is 0 Å². The summed E-state index contributed by atoms with van der Waals surface area (Å²) in [4.78, 5) is 10.1. The first kappa shape index (κ1) is 10.2. The highest BCUT2D eigenvalue weighted by Crippen LogP contribution is 2.07. The molecular formula is C10H10FNO2. The summed E-state index contributed by atoms with van der Waals surface area (Å²) in [7, 11) is 0. The maximum Gasteiger partial charge on any atom is 0.328 e. The second kappa shape index (κ2) is 5.01. The van der Waals surface area contributed by atoms with Gasteiger partial charge in [0.2, 0.25) is 0 Å². The van der Waals surface area contributed by atoms with Gasteiger partial charge in [-0.1, -0.05) is 6.08 Å². The summed E-state index contributed by atoms with van der Waals surface area (Å²) in [5, 5.41) is 11.2. The van der Waals surface area contributed by atoms with Crippen molar-refractivity contribution in [3.05, 3.63) is 42.2 Å². The van der Waals surface area contributed by atoms with Crippen molar-refractivity contribution in [2.45, 2.75) is 0 Å². The van der Waals surface area contributed by atoms with Gasteiger partial charge in [-0.3, -0.25) is 0 Å². The third kappa shape index (κ3) is 3.71. The van der Waals surface area contributed by atoms with Gasteiger partial charge in [0.15, 0.2) is 0 Å². The molecule has 1 rings (SSSR count). The Morgan fingerprint density at radius 1 is 1.43 bits per heavy atom. The van der Waals surface area contributed by atoms with E-state index in [0.717, 1.165) is 11.8 Å². The molecule has 1 aromatic rings. The van der Waals surface area contributed by atoms with Gasteiger partial charge in [0.1, 0.15) is 5.82 Å². The van der Waals surface area contributed by atoms with Crippen LogP contribution in [0.15, 0.2) is 36.4 Å². The van der Waals surface area contributed by atoms with Crippen LogP contribution in [0.1, 0.15) is 0 Å². The summed E-state index contributed by atoms with van der Waals surface area (Å²) < 4.78 is 12.5. The number of hydrogen-bond acceptors (Lipinski definition) is 2. The Labute approximate surface area is 80.9 Å². The van der Waals surface area contributed by atoms with E-state index >= 15 is 0 Å². The Kier molecular flexibility index (Phi) is 3.67. The fraction of sp³-hybridized carbons (Fsp3) is 0.100.